The molecular weight excluding hydrogens is 176 g/mol. The summed E-state index contributed by atoms with van der Waals surface area (Å²) in [5.74, 6) is 0. The Labute approximate surface area is 76.0 Å². The van der Waals surface area contributed by atoms with Crippen LogP contribution in [0.1, 0.15) is 13.8 Å². The van der Waals surface area contributed by atoms with Crippen LogP contribution in [0.5, 0.6) is 0 Å². The lowest BCUT2D eigenvalue weighted by atomic mass is 10.4. The zero-order chi connectivity index (χ0) is 8.91. The Morgan fingerprint density at radius 1 is 1.33 bits per heavy atom. The normalized spacial score (nSPS) is 11.3. The fourth-order valence-electron chi connectivity index (χ4n) is 0.653. The fourth-order valence-corrected chi connectivity index (χ4v) is 1.17. The number of nitrogens with one attached hydrogen (secondary N) is 1. The summed E-state index contributed by atoms with van der Waals surface area (Å²) in [6.07, 6.45) is 2.02. The van der Waals surface area contributed by atoms with Crippen LogP contribution in [0.15, 0.2) is 0 Å². The van der Waals surface area contributed by atoms with Gasteiger partial charge >= 0.3 is 0 Å². The van der Waals surface area contributed by atoms with Gasteiger partial charge in [0.2, 0.25) is 10.0 Å². The second-order valence-corrected chi connectivity index (χ2v) is 4.66. The quantitative estimate of drug-likeness (QED) is 0.636. The van der Waals surface area contributed by atoms with Gasteiger partial charge in [-0.3, -0.25) is 0 Å². The summed E-state index contributed by atoms with van der Waals surface area (Å²) in [7, 11) is 0.927. The molecule has 0 amide bonds. The summed E-state index contributed by atoms with van der Waals surface area (Å²) in [6.45, 7) is 1.43. The summed E-state index contributed by atoms with van der Waals surface area (Å²) in [5, 5.41) is 0. The molecular formula is C7H20N2O2S. The Hall–Kier alpha value is -0.130. The minimum Gasteiger partial charge on any atom is -0.309 e. The van der Waals surface area contributed by atoms with Gasteiger partial charge in [0.25, 0.3) is 0 Å². The number of sulfonamides is 1. The molecule has 0 radical (unpaired) electrons. The van der Waals surface area contributed by atoms with Crippen LogP contribution in [-0.4, -0.2) is 46.8 Å². The van der Waals surface area contributed by atoms with Gasteiger partial charge < -0.3 is 4.90 Å². The highest BCUT2D eigenvalue weighted by molar-refractivity contribution is 7.88. The van der Waals surface area contributed by atoms with Gasteiger partial charge in [-0.05, 0) is 27.1 Å². The average Bonchev–Trinajstić information content (AvgIpc) is 1.78. The molecule has 12 heavy (non-hydrogen) atoms. The molecule has 4 nitrogen and oxygen atoms in total. The molecule has 0 aliphatic rings. The van der Waals surface area contributed by atoms with E-state index < -0.39 is 10.0 Å². The molecule has 5 heteroatoms. The molecule has 0 saturated heterocycles. The molecule has 0 bridgehead atoms. The van der Waals surface area contributed by atoms with E-state index in [4.69, 9.17) is 0 Å². The first-order valence-electron chi connectivity index (χ1n) is 3.51. The van der Waals surface area contributed by atoms with Crippen molar-refractivity contribution in [2.24, 2.45) is 0 Å². The number of rotatable bonds is 5. The molecule has 0 rings (SSSR count). The molecule has 0 unspecified atom stereocenters. The van der Waals surface area contributed by atoms with Gasteiger partial charge in [-0.15, -0.1) is 0 Å². The van der Waals surface area contributed by atoms with Crippen LogP contribution in [0.2, 0.25) is 0 Å². The maximum absolute atomic E-state index is 10.6. The van der Waals surface area contributed by atoms with Crippen molar-refractivity contribution in [2.45, 2.75) is 13.8 Å². The highest BCUT2D eigenvalue weighted by Crippen LogP contribution is 1.82. The van der Waals surface area contributed by atoms with E-state index in [2.05, 4.69) is 4.72 Å². The van der Waals surface area contributed by atoms with Gasteiger partial charge in [0.15, 0.2) is 0 Å². The van der Waals surface area contributed by atoms with Crippen molar-refractivity contribution >= 4 is 10.0 Å². The second-order valence-electron chi connectivity index (χ2n) is 2.82. The summed E-state index contributed by atoms with van der Waals surface area (Å²) >= 11 is 0. The minimum absolute atomic E-state index is 0. The Bertz CT molecular complexity index is 188. The summed E-state index contributed by atoms with van der Waals surface area (Å²) < 4.78 is 23.5. The molecule has 1 N–H and O–H groups in total. The molecule has 0 aliphatic carbocycles. The number of hydrogen-bond donors (Lipinski definition) is 1. The van der Waals surface area contributed by atoms with Crippen molar-refractivity contribution in [3.05, 3.63) is 0 Å². The largest absolute Gasteiger partial charge is 0.309 e. The van der Waals surface area contributed by atoms with Crippen molar-refractivity contribution in [3.63, 3.8) is 0 Å². The fraction of sp³-hybridized carbons (Fsp3) is 1.00. The highest BCUT2D eigenvalue weighted by Gasteiger charge is 1.98. The SMILES string of the molecule is C.CN(C)CCCNS(C)(=O)=O. The zero-order valence-electron chi connectivity index (χ0n) is 7.29. The summed E-state index contributed by atoms with van der Waals surface area (Å²) in [5.41, 5.74) is 0. The van der Waals surface area contributed by atoms with Crippen LogP contribution in [0.4, 0.5) is 0 Å². The Morgan fingerprint density at radius 3 is 2.17 bits per heavy atom. The van der Waals surface area contributed by atoms with Crippen molar-refractivity contribution < 1.29 is 8.42 Å². The predicted octanol–water partition coefficient (Wildman–Crippen LogP) is 0.123. The Balaban J connectivity index is 0. The first kappa shape index (κ1) is 14.4. The lowest BCUT2D eigenvalue weighted by Crippen LogP contribution is -2.25. The van der Waals surface area contributed by atoms with Gasteiger partial charge in [0, 0.05) is 6.54 Å². The van der Waals surface area contributed by atoms with Gasteiger partial charge in [-0.2, -0.15) is 0 Å². The van der Waals surface area contributed by atoms with Crippen LogP contribution >= 0.6 is 0 Å². The van der Waals surface area contributed by atoms with Gasteiger partial charge in [0.05, 0.1) is 6.26 Å². The van der Waals surface area contributed by atoms with E-state index in [1.807, 2.05) is 19.0 Å². The maximum atomic E-state index is 10.6. The molecule has 76 valence electrons. The monoisotopic (exact) mass is 196 g/mol. The van der Waals surface area contributed by atoms with Crippen LogP contribution in [-0.2, 0) is 10.0 Å². The van der Waals surface area contributed by atoms with Crippen molar-refractivity contribution in [3.8, 4) is 0 Å². The highest BCUT2D eigenvalue weighted by atomic mass is 32.2. The molecule has 0 spiro atoms. The molecule has 0 heterocycles. The molecule has 0 aromatic carbocycles. The molecule has 0 aromatic rings. The molecule has 0 aliphatic heterocycles. The zero-order valence-corrected chi connectivity index (χ0v) is 8.11. The van der Waals surface area contributed by atoms with E-state index in [9.17, 15) is 8.42 Å². The van der Waals surface area contributed by atoms with Gasteiger partial charge in [0.1, 0.15) is 0 Å². The van der Waals surface area contributed by atoms with E-state index in [-0.39, 0.29) is 7.43 Å². The van der Waals surface area contributed by atoms with Gasteiger partial charge in [-0.25, -0.2) is 13.1 Å². The van der Waals surface area contributed by atoms with E-state index in [1.54, 1.807) is 0 Å². The molecule has 0 saturated carbocycles. The second kappa shape index (κ2) is 6.39. The maximum Gasteiger partial charge on any atom is 0.208 e. The average molecular weight is 196 g/mol. The van der Waals surface area contributed by atoms with Gasteiger partial charge in [-0.1, -0.05) is 7.43 Å². The first-order valence-corrected chi connectivity index (χ1v) is 5.40. The third kappa shape index (κ3) is 12.5. The van der Waals surface area contributed by atoms with Crippen LogP contribution in [0, 0.1) is 0 Å². The molecule has 0 aromatic heterocycles. The van der Waals surface area contributed by atoms with E-state index in [0.717, 1.165) is 13.0 Å². The predicted molar refractivity (Wildman–Crippen MR) is 52.7 cm³/mol. The van der Waals surface area contributed by atoms with Crippen molar-refractivity contribution in [1.29, 1.82) is 0 Å². The van der Waals surface area contributed by atoms with Crippen molar-refractivity contribution in [2.75, 3.05) is 33.4 Å². The third-order valence-corrected chi connectivity index (χ3v) is 1.87. The first-order chi connectivity index (χ1) is 4.92. The topological polar surface area (TPSA) is 49.4 Å². The molecule has 0 fully saturated rings. The van der Waals surface area contributed by atoms with Crippen LogP contribution in [0.25, 0.3) is 0 Å². The lowest BCUT2D eigenvalue weighted by Gasteiger charge is -2.08. The standard InChI is InChI=1S/C6H16N2O2S.CH4/c1-8(2)6-4-5-7-11(3,9)10;/h7H,4-6H2,1-3H3;1H4. The van der Waals surface area contributed by atoms with Crippen molar-refractivity contribution in [1.82, 2.24) is 9.62 Å². The van der Waals surface area contributed by atoms with Crippen LogP contribution in [0.3, 0.4) is 0 Å². The molecule has 0 atom stereocenters. The number of hydrogen-bond acceptors (Lipinski definition) is 3. The smallest absolute Gasteiger partial charge is 0.208 e. The van der Waals surface area contributed by atoms with E-state index in [1.165, 1.54) is 6.26 Å². The van der Waals surface area contributed by atoms with E-state index >= 15 is 0 Å². The summed E-state index contributed by atoms with van der Waals surface area (Å²) in [4.78, 5) is 2.02. The Kier molecular flexibility index (Phi) is 7.67. The summed E-state index contributed by atoms with van der Waals surface area (Å²) in [6, 6.07) is 0. The Morgan fingerprint density at radius 2 is 1.83 bits per heavy atom. The number of nitrogens with zero attached hydrogens (tertiary/aromatic N) is 1. The van der Waals surface area contributed by atoms with E-state index in [0.29, 0.717) is 6.54 Å². The minimum atomic E-state index is -2.99. The van der Waals surface area contributed by atoms with Crippen LogP contribution < -0.4 is 4.72 Å². The third-order valence-electron chi connectivity index (χ3n) is 1.15. The lowest BCUT2D eigenvalue weighted by molar-refractivity contribution is 0.400.